The van der Waals surface area contributed by atoms with E-state index in [-0.39, 0.29) is 0 Å². The van der Waals surface area contributed by atoms with Crippen molar-refractivity contribution in [3.05, 3.63) is 11.6 Å². The maximum absolute atomic E-state index is 6.14. The fourth-order valence-electron chi connectivity index (χ4n) is 4.18. The van der Waals surface area contributed by atoms with Gasteiger partial charge in [-0.15, -0.1) is 0 Å². The first-order valence-electron chi connectivity index (χ1n) is 6.68. The predicted octanol–water partition coefficient (Wildman–Crippen LogP) is 3.27. The molecule has 0 aromatic heterocycles. The molecule has 1 saturated heterocycles. The molecule has 2 bridgehead atoms. The van der Waals surface area contributed by atoms with Gasteiger partial charge in [-0.2, -0.15) is 0 Å². The van der Waals surface area contributed by atoms with Gasteiger partial charge in [-0.1, -0.05) is 18.1 Å². The zero-order chi connectivity index (χ0) is 10.3. The van der Waals surface area contributed by atoms with E-state index in [1.165, 1.54) is 38.1 Å². The lowest BCUT2D eigenvalue weighted by Gasteiger charge is -2.33. The van der Waals surface area contributed by atoms with Crippen LogP contribution in [0.2, 0.25) is 11.6 Å². The first-order valence-corrected chi connectivity index (χ1v) is 8.63. The van der Waals surface area contributed by atoms with E-state index in [4.69, 9.17) is 4.43 Å². The molecule has 4 unspecified atom stereocenters. The van der Waals surface area contributed by atoms with Crippen molar-refractivity contribution in [3.63, 3.8) is 0 Å². The summed E-state index contributed by atoms with van der Waals surface area (Å²) >= 11 is 0. The van der Waals surface area contributed by atoms with E-state index in [9.17, 15) is 0 Å². The van der Waals surface area contributed by atoms with E-state index in [1.807, 2.05) is 5.57 Å². The first kappa shape index (κ1) is 10.1. The fourth-order valence-corrected chi connectivity index (χ4v) is 7.93. The Morgan fingerprint density at radius 2 is 2.27 bits per heavy atom. The van der Waals surface area contributed by atoms with Gasteiger partial charge >= 0.3 is 0 Å². The van der Waals surface area contributed by atoms with E-state index >= 15 is 0 Å². The van der Waals surface area contributed by atoms with E-state index < -0.39 is 9.04 Å². The molecule has 84 valence electrons. The van der Waals surface area contributed by atoms with Gasteiger partial charge in [-0.25, -0.2) is 0 Å². The highest BCUT2D eigenvalue weighted by Crippen LogP contribution is 2.57. The van der Waals surface area contributed by atoms with Crippen molar-refractivity contribution in [1.82, 2.24) is 0 Å². The largest absolute Gasteiger partial charge is 0.419 e. The van der Waals surface area contributed by atoms with Crippen molar-refractivity contribution in [2.75, 3.05) is 6.61 Å². The molecular weight excluding hydrogens is 200 g/mol. The molecular formula is C13H22OSi. The number of allylic oxidation sites excluding steroid dienone is 2. The molecule has 0 aromatic carbocycles. The molecule has 0 aromatic rings. The van der Waals surface area contributed by atoms with Gasteiger partial charge in [0, 0.05) is 6.61 Å². The van der Waals surface area contributed by atoms with Gasteiger partial charge in [-0.05, 0) is 56.0 Å². The lowest BCUT2D eigenvalue weighted by Crippen LogP contribution is -2.32. The second kappa shape index (κ2) is 4.06. The Bertz CT molecular complexity index is 268. The Balaban J connectivity index is 1.79. The molecule has 1 heterocycles. The average Bonchev–Trinajstić information content (AvgIpc) is 2.89. The van der Waals surface area contributed by atoms with Gasteiger partial charge in [0.25, 0.3) is 0 Å². The molecule has 0 spiro atoms. The van der Waals surface area contributed by atoms with Crippen molar-refractivity contribution in [3.8, 4) is 0 Å². The summed E-state index contributed by atoms with van der Waals surface area (Å²) in [4.78, 5) is 0. The summed E-state index contributed by atoms with van der Waals surface area (Å²) in [7, 11) is -0.868. The van der Waals surface area contributed by atoms with Crippen LogP contribution in [0.1, 0.15) is 39.0 Å². The Kier molecular flexibility index (Phi) is 2.73. The van der Waals surface area contributed by atoms with Gasteiger partial charge in [0.05, 0.1) is 0 Å². The van der Waals surface area contributed by atoms with Gasteiger partial charge in [-0.3, -0.25) is 0 Å². The van der Waals surface area contributed by atoms with Crippen LogP contribution in [0, 0.1) is 11.8 Å². The summed E-state index contributed by atoms with van der Waals surface area (Å²) in [6.45, 7) is 3.32. The molecule has 2 heteroatoms. The second-order valence-electron chi connectivity index (χ2n) is 5.49. The zero-order valence-corrected chi connectivity index (χ0v) is 10.9. The fraction of sp³-hybridized carbons (Fsp3) is 0.846. The van der Waals surface area contributed by atoms with Crippen molar-refractivity contribution in [2.45, 2.75) is 50.6 Å². The number of fused-ring (bicyclic) bond motifs is 2. The summed E-state index contributed by atoms with van der Waals surface area (Å²) in [6.07, 6.45) is 9.66. The Morgan fingerprint density at radius 1 is 1.33 bits per heavy atom. The number of rotatable bonds is 1. The molecule has 2 saturated carbocycles. The quantitative estimate of drug-likeness (QED) is 0.489. The van der Waals surface area contributed by atoms with E-state index in [1.54, 1.807) is 0 Å². The predicted molar refractivity (Wildman–Crippen MR) is 65.5 cm³/mol. The van der Waals surface area contributed by atoms with Crippen LogP contribution in [0.15, 0.2) is 11.6 Å². The normalized spacial score (nSPS) is 47.7. The first-order chi connectivity index (χ1) is 7.40. The van der Waals surface area contributed by atoms with Crippen LogP contribution in [0.25, 0.3) is 0 Å². The van der Waals surface area contributed by atoms with Crippen LogP contribution in [0.5, 0.6) is 0 Å². The van der Waals surface area contributed by atoms with Gasteiger partial charge in [0.15, 0.2) is 9.04 Å². The minimum Gasteiger partial charge on any atom is -0.419 e. The second-order valence-corrected chi connectivity index (χ2v) is 8.20. The minimum absolute atomic E-state index is 0.868. The van der Waals surface area contributed by atoms with Crippen LogP contribution < -0.4 is 0 Å². The lowest BCUT2D eigenvalue weighted by molar-refractivity contribution is 0.274. The highest BCUT2D eigenvalue weighted by atomic mass is 28.3. The van der Waals surface area contributed by atoms with Crippen molar-refractivity contribution >= 4 is 9.04 Å². The van der Waals surface area contributed by atoms with E-state index in [0.29, 0.717) is 0 Å². The average molecular weight is 222 g/mol. The summed E-state index contributed by atoms with van der Waals surface area (Å²) < 4.78 is 6.14. The van der Waals surface area contributed by atoms with Crippen LogP contribution in [0.3, 0.4) is 0 Å². The summed E-state index contributed by atoms with van der Waals surface area (Å²) in [5.74, 6) is 1.99. The van der Waals surface area contributed by atoms with Gasteiger partial charge in [0.1, 0.15) is 0 Å². The molecule has 1 aliphatic heterocycles. The van der Waals surface area contributed by atoms with Gasteiger partial charge in [0.2, 0.25) is 0 Å². The van der Waals surface area contributed by atoms with Crippen LogP contribution in [-0.2, 0) is 4.43 Å². The van der Waals surface area contributed by atoms with E-state index in [0.717, 1.165) is 24.0 Å². The highest BCUT2D eigenvalue weighted by molar-refractivity contribution is 6.55. The Labute approximate surface area is 94.6 Å². The smallest absolute Gasteiger partial charge is 0.184 e. The van der Waals surface area contributed by atoms with Crippen molar-refractivity contribution in [2.24, 2.45) is 11.8 Å². The highest BCUT2D eigenvalue weighted by Gasteiger charge is 2.47. The summed E-state index contributed by atoms with van der Waals surface area (Å²) in [5.41, 5.74) is 2.75. The minimum atomic E-state index is -0.868. The molecule has 0 amide bonds. The number of hydrogen-bond acceptors (Lipinski definition) is 1. The SMILES string of the molecule is CC=C1C2CCC(C2)C1[SiH]1CCCCO1. The summed E-state index contributed by atoms with van der Waals surface area (Å²) in [6, 6.07) is 1.45. The van der Waals surface area contributed by atoms with Crippen LogP contribution >= 0.6 is 0 Å². The maximum Gasteiger partial charge on any atom is 0.184 e. The van der Waals surface area contributed by atoms with E-state index in [2.05, 4.69) is 13.0 Å². The topological polar surface area (TPSA) is 9.23 Å². The third-order valence-corrected chi connectivity index (χ3v) is 8.16. The Hall–Kier alpha value is -0.0831. The maximum atomic E-state index is 6.14. The van der Waals surface area contributed by atoms with Crippen molar-refractivity contribution in [1.29, 1.82) is 0 Å². The monoisotopic (exact) mass is 222 g/mol. The zero-order valence-electron chi connectivity index (χ0n) is 9.74. The molecule has 15 heavy (non-hydrogen) atoms. The third-order valence-electron chi connectivity index (χ3n) is 4.79. The lowest BCUT2D eigenvalue weighted by atomic mass is 9.94. The van der Waals surface area contributed by atoms with Crippen molar-refractivity contribution < 1.29 is 4.43 Å². The Morgan fingerprint density at radius 3 is 3.00 bits per heavy atom. The third kappa shape index (κ3) is 1.62. The molecule has 3 aliphatic rings. The van der Waals surface area contributed by atoms with Crippen LogP contribution in [-0.4, -0.2) is 15.6 Å². The standard InChI is InChI=1S/C13H22OSi/c1-2-12-10-5-6-11(9-10)13(12)15-8-4-3-7-14-15/h2,10-11,13,15H,3-9H2,1H3. The summed E-state index contributed by atoms with van der Waals surface area (Å²) in [5, 5.41) is 0. The molecule has 1 nitrogen and oxygen atoms in total. The number of hydrogen-bond donors (Lipinski definition) is 0. The molecule has 2 aliphatic carbocycles. The molecule has 3 rings (SSSR count). The molecule has 3 fully saturated rings. The van der Waals surface area contributed by atoms with Crippen LogP contribution in [0.4, 0.5) is 0 Å². The molecule has 0 radical (unpaired) electrons. The molecule has 0 N–H and O–H groups in total. The molecule has 4 atom stereocenters. The van der Waals surface area contributed by atoms with Gasteiger partial charge < -0.3 is 4.43 Å².